The lowest BCUT2D eigenvalue weighted by Gasteiger charge is -2.24. The zero-order chi connectivity index (χ0) is 12.5. The number of fused-ring (bicyclic) bond motifs is 1. The molecule has 17 heavy (non-hydrogen) atoms. The predicted molar refractivity (Wildman–Crippen MR) is 69.1 cm³/mol. The highest BCUT2D eigenvalue weighted by atomic mass is 16.1. The molecule has 3 heteroatoms. The quantitative estimate of drug-likeness (QED) is 0.832. The molecule has 1 aromatic rings. The molecule has 1 aliphatic carbocycles. The Kier molecular flexibility index (Phi) is 3.20. The van der Waals surface area contributed by atoms with Gasteiger partial charge in [-0.2, -0.15) is 0 Å². The highest BCUT2D eigenvalue weighted by molar-refractivity contribution is 5.96. The summed E-state index contributed by atoms with van der Waals surface area (Å²) in [5.74, 6) is -0.000741. The Balaban J connectivity index is 2.24. The molecule has 0 aromatic heterocycles. The van der Waals surface area contributed by atoms with Crippen LogP contribution in [0.5, 0.6) is 0 Å². The summed E-state index contributed by atoms with van der Waals surface area (Å²) < 4.78 is 0. The van der Waals surface area contributed by atoms with Gasteiger partial charge in [0.15, 0.2) is 0 Å². The Morgan fingerprint density at radius 3 is 2.88 bits per heavy atom. The van der Waals surface area contributed by atoms with Crippen LogP contribution in [-0.2, 0) is 12.8 Å². The molecule has 0 heterocycles. The van der Waals surface area contributed by atoms with Crippen molar-refractivity contribution >= 4 is 5.91 Å². The number of carbonyl (C=O) groups excluding carboxylic acids is 1. The molecule has 2 rings (SSSR count). The van der Waals surface area contributed by atoms with E-state index in [4.69, 9.17) is 5.73 Å². The molecular formula is C14H20N2O. The number of rotatable bonds is 3. The highest BCUT2D eigenvalue weighted by Gasteiger charge is 2.23. The first-order chi connectivity index (χ1) is 8.03. The summed E-state index contributed by atoms with van der Waals surface area (Å²) in [5, 5.41) is 2.99. The maximum atomic E-state index is 12.2. The predicted octanol–water partition coefficient (Wildman–Crippen LogP) is 1.64. The van der Waals surface area contributed by atoms with Crippen LogP contribution in [0.25, 0.3) is 0 Å². The van der Waals surface area contributed by atoms with Crippen LogP contribution in [-0.4, -0.2) is 18.0 Å². The average Bonchev–Trinajstić information content (AvgIpc) is 2.76. The lowest BCUT2D eigenvalue weighted by Crippen LogP contribution is -2.49. The van der Waals surface area contributed by atoms with E-state index >= 15 is 0 Å². The summed E-state index contributed by atoms with van der Waals surface area (Å²) in [6, 6.07) is 5.99. The maximum absolute atomic E-state index is 12.2. The maximum Gasteiger partial charge on any atom is 0.252 e. The second-order valence-electron chi connectivity index (χ2n) is 5.34. The Labute approximate surface area is 102 Å². The third-order valence-corrected chi connectivity index (χ3v) is 3.35. The summed E-state index contributed by atoms with van der Waals surface area (Å²) in [6.07, 6.45) is 3.26. The minimum atomic E-state index is -0.349. The van der Waals surface area contributed by atoms with Gasteiger partial charge in [-0.1, -0.05) is 12.1 Å². The number of carbonyl (C=O) groups is 1. The number of hydrogen-bond acceptors (Lipinski definition) is 2. The second-order valence-corrected chi connectivity index (χ2v) is 5.34. The lowest BCUT2D eigenvalue weighted by molar-refractivity contribution is 0.0915. The van der Waals surface area contributed by atoms with Gasteiger partial charge in [0, 0.05) is 17.6 Å². The van der Waals surface area contributed by atoms with Gasteiger partial charge < -0.3 is 11.1 Å². The Bertz CT molecular complexity index is 438. The normalized spacial score (nSPS) is 14.5. The van der Waals surface area contributed by atoms with Crippen molar-refractivity contribution in [3.63, 3.8) is 0 Å². The lowest BCUT2D eigenvalue weighted by atomic mass is 10.0. The van der Waals surface area contributed by atoms with E-state index in [1.165, 1.54) is 11.1 Å². The van der Waals surface area contributed by atoms with Gasteiger partial charge in [0.1, 0.15) is 0 Å². The Morgan fingerprint density at radius 2 is 2.18 bits per heavy atom. The van der Waals surface area contributed by atoms with Crippen molar-refractivity contribution < 1.29 is 4.79 Å². The Morgan fingerprint density at radius 1 is 1.41 bits per heavy atom. The van der Waals surface area contributed by atoms with Crippen molar-refractivity contribution in [2.45, 2.75) is 38.6 Å². The van der Waals surface area contributed by atoms with Gasteiger partial charge in [0.05, 0.1) is 0 Å². The van der Waals surface area contributed by atoms with Crippen LogP contribution in [0, 0.1) is 0 Å². The number of aryl methyl sites for hydroxylation is 1. The molecule has 1 aromatic carbocycles. The third kappa shape index (κ3) is 2.50. The summed E-state index contributed by atoms with van der Waals surface area (Å²) in [6.45, 7) is 4.32. The van der Waals surface area contributed by atoms with E-state index in [1.54, 1.807) is 0 Å². The third-order valence-electron chi connectivity index (χ3n) is 3.35. The summed E-state index contributed by atoms with van der Waals surface area (Å²) in [7, 11) is 0. The minimum absolute atomic E-state index is 0.000741. The number of amides is 1. The largest absolute Gasteiger partial charge is 0.346 e. The molecule has 92 valence electrons. The number of benzene rings is 1. The van der Waals surface area contributed by atoms with Crippen LogP contribution < -0.4 is 11.1 Å². The van der Waals surface area contributed by atoms with E-state index in [-0.39, 0.29) is 11.4 Å². The van der Waals surface area contributed by atoms with Gasteiger partial charge in [-0.15, -0.1) is 0 Å². The van der Waals surface area contributed by atoms with Crippen LogP contribution in [0.2, 0.25) is 0 Å². The monoisotopic (exact) mass is 232 g/mol. The molecule has 0 fully saturated rings. The number of nitrogens with two attached hydrogens (primary N) is 1. The molecule has 3 N–H and O–H groups in total. The Hall–Kier alpha value is -1.35. The smallest absolute Gasteiger partial charge is 0.252 e. The summed E-state index contributed by atoms with van der Waals surface area (Å²) >= 11 is 0. The SMILES string of the molecule is CC(C)(CN)NC(=O)c1cccc2c1CCC2. The molecule has 3 nitrogen and oxygen atoms in total. The van der Waals surface area contributed by atoms with Gasteiger partial charge in [-0.3, -0.25) is 4.79 Å². The van der Waals surface area contributed by atoms with Crippen molar-refractivity contribution in [3.8, 4) is 0 Å². The van der Waals surface area contributed by atoms with Gasteiger partial charge in [-0.25, -0.2) is 0 Å². The zero-order valence-electron chi connectivity index (χ0n) is 10.5. The van der Waals surface area contributed by atoms with Crippen LogP contribution in [0.1, 0.15) is 41.8 Å². The topological polar surface area (TPSA) is 55.1 Å². The first kappa shape index (κ1) is 12.1. The van der Waals surface area contributed by atoms with Gasteiger partial charge in [-0.05, 0) is 50.3 Å². The molecule has 0 bridgehead atoms. The number of hydrogen-bond donors (Lipinski definition) is 2. The van der Waals surface area contributed by atoms with E-state index in [1.807, 2.05) is 26.0 Å². The van der Waals surface area contributed by atoms with E-state index in [0.29, 0.717) is 6.54 Å². The van der Waals surface area contributed by atoms with Crippen LogP contribution in [0.15, 0.2) is 18.2 Å². The summed E-state index contributed by atoms with van der Waals surface area (Å²) in [5.41, 5.74) is 8.65. The second kappa shape index (κ2) is 4.49. The molecule has 0 aliphatic heterocycles. The number of nitrogens with one attached hydrogen (secondary N) is 1. The van der Waals surface area contributed by atoms with Gasteiger partial charge in [0.25, 0.3) is 5.91 Å². The highest BCUT2D eigenvalue weighted by Crippen LogP contribution is 2.25. The van der Waals surface area contributed by atoms with Crippen molar-refractivity contribution in [1.82, 2.24) is 5.32 Å². The molecular weight excluding hydrogens is 212 g/mol. The van der Waals surface area contributed by atoms with E-state index in [9.17, 15) is 4.79 Å². The molecule has 0 spiro atoms. The fourth-order valence-corrected chi connectivity index (χ4v) is 2.26. The average molecular weight is 232 g/mol. The van der Waals surface area contributed by atoms with Crippen molar-refractivity contribution in [2.24, 2.45) is 5.73 Å². The molecule has 1 amide bonds. The molecule has 0 saturated heterocycles. The first-order valence-electron chi connectivity index (χ1n) is 6.17. The fourth-order valence-electron chi connectivity index (χ4n) is 2.26. The van der Waals surface area contributed by atoms with Gasteiger partial charge >= 0.3 is 0 Å². The van der Waals surface area contributed by atoms with Crippen molar-refractivity contribution in [1.29, 1.82) is 0 Å². The van der Waals surface area contributed by atoms with Crippen LogP contribution in [0.3, 0.4) is 0 Å². The zero-order valence-corrected chi connectivity index (χ0v) is 10.5. The standard InChI is InChI=1S/C14H20N2O/c1-14(2,9-15)16-13(17)12-8-4-6-10-5-3-7-11(10)12/h4,6,8H,3,5,7,9,15H2,1-2H3,(H,16,17). The molecule has 0 radical (unpaired) electrons. The van der Waals surface area contributed by atoms with Crippen molar-refractivity contribution in [2.75, 3.05) is 6.54 Å². The van der Waals surface area contributed by atoms with Gasteiger partial charge in [0.2, 0.25) is 0 Å². The first-order valence-corrected chi connectivity index (χ1v) is 6.17. The molecule has 1 aliphatic rings. The molecule has 0 unspecified atom stereocenters. The van der Waals surface area contributed by atoms with Crippen molar-refractivity contribution in [3.05, 3.63) is 34.9 Å². The van der Waals surface area contributed by atoms with Crippen LogP contribution >= 0.6 is 0 Å². The van der Waals surface area contributed by atoms with Crippen LogP contribution in [0.4, 0.5) is 0 Å². The minimum Gasteiger partial charge on any atom is -0.346 e. The summed E-state index contributed by atoms with van der Waals surface area (Å²) in [4.78, 5) is 12.2. The molecule has 0 atom stereocenters. The van der Waals surface area contributed by atoms with E-state index in [0.717, 1.165) is 24.8 Å². The molecule has 0 saturated carbocycles. The van der Waals surface area contributed by atoms with E-state index < -0.39 is 0 Å². The van der Waals surface area contributed by atoms with E-state index in [2.05, 4.69) is 11.4 Å². The fraction of sp³-hybridized carbons (Fsp3) is 0.500.